The van der Waals surface area contributed by atoms with Gasteiger partial charge in [-0.05, 0) is 113 Å². The van der Waals surface area contributed by atoms with Gasteiger partial charge < -0.3 is 15.0 Å². The number of amidine groups is 1. The summed E-state index contributed by atoms with van der Waals surface area (Å²) in [5.74, 6) is 3.17. The summed E-state index contributed by atoms with van der Waals surface area (Å²) in [5, 5.41) is 29.7. The number of nitrogens with zero attached hydrogens (tertiary/aromatic N) is 5. The van der Waals surface area contributed by atoms with Crippen molar-refractivity contribution < 1.29 is 9.53 Å². The van der Waals surface area contributed by atoms with E-state index in [-0.39, 0.29) is 23.1 Å². The first-order chi connectivity index (χ1) is 23.2. The number of hydrogen-bond donors (Lipinski definition) is 3. The van der Waals surface area contributed by atoms with E-state index in [1.165, 1.54) is 29.4 Å². The van der Waals surface area contributed by atoms with Crippen molar-refractivity contribution in [3.8, 4) is 10.8 Å². The molecule has 0 atom stereocenters. The summed E-state index contributed by atoms with van der Waals surface area (Å²) in [4.78, 5) is 20.9. The zero-order chi connectivity index (χ0) is 33.4. The van der Waals surface area contributed by atoms with Crippen LogP contribution in [0.3, 0.4) is 0 Å². The van der Waals surface area contributed by atoms with Gasteiger partial charge >= 0.3 is 0 Å². The van der Waals surface area contributed by atoms with Crippen LogP contribution in [0.4, 0.5) is 0 Å². The summed E-state index contributed by atoms with van der Waals surface area (Å²) in [6.45, 7) is 9.20. The Balaban J connectivity index is 0.910. The molecule has 4 aliphatic rings. The van der Waals surface area contributed by atoms with Crippen molar-refractivity contribution in [2.75, 3.05) is 19.7 Å². The average molecular weight is 667 g/mol. The van der Waals surface area contributed by atoms with Crippen LogP contribution in [0.5, 0.6) is 5.75 Å². The summed E-state index contributed by atoms with van der Waals surface area (Å²) in [6, 6.07) is 8.52. The molecular weight excluding hydrogens is 621 g/mol. The number of amides is 1. The summed E-state index contributed by atoms with van der Waals surface area (Å²) in [6.07, 6.45) is 13.0. The Morgan fingerprint density at radius 2 is 1.83 bits per heavy atom. The number of fused-ring (bicyclic) bond motifs is 3. The molecule has 0 unspecified atom stereocenters. The second-order valence-corrected chi connectivity index (χ2v) is 15.4. The predicted molar refractivity (Wildman–Crippen MR) is 190 cm³/mol. The number of aryl methyl sites for hydroxylation is 2. The van der Waals surface area contributed by atoms with Gasteiger partial charge in [-0.15, -0.1) is 21.5 Å². The third kappa shape index (κ3) is 6.49. The van der Waals surface area contributed by atoms with Gasteiger partial charge in [-0.1, -0.05) is 19.3 Å². The van der Waals surface area contributed by atoms with E-state index in [0.717, 1.165) is 97.3 Å². The predicted octanol–water partition coefficient (Wildman–Crippen LogP) is 6.48. The number of piperidine rings is 1. The molecule has 2 aliphatic carbocycles. The number of benzene rings is 1. The van der Waals surface area contributed by atoms with E-state index < -0.39 is 0 Å². The van der Waals surface area contributed by atoms with Crippen molar-refractivity contribution in [2.24, 2.45) is 16.3 Å². The molecular formula is C37H46N8O2S. The molecule has 4 heterocycles. The highest BCUT2D eigenvalue weighted by Gasteiger charge is 2.47. The van der Waals surface area contributed by atoms with Crippen LogP contribution in [-0.4, -0.2) is 68.6 Å². The third-order valence-corrected chi connectivity index (χ3v) is 11.9. The Bertz CT molecular complexity index is 1770. The molecule has 48 heavy (non-hydrogen) atoms. The van der Waals surface area contributed by atoms with Gasteiger partial charge in [0.1, 0.15) is 34.7 Å². The van der Waals surface area contributed by atoms with Crippen LogP contribution in [0.2, 0.25) is 0 Å². The largest absolute Gasteiger partial charge is 0.493 e. The Morgan fingerprint density at radius 1 is 1.06 bits per heavy atom. The van der Waals surface area contributed by atoms with Gasteiger partial charge in [-0.2, -0.15) is 0 Å². The molecule has 3 N–H and O–H groups in total. The van der Waals surface area contributed by atoms with Crippen LogP contribution in [0.15, 0.2) is 41.4 Å². The first-order valence-corrected chi connectivity index (χ1v) is 18.2. The van der Waals surface area contributed by atoms with Gasteiger partial charge in [0.05, 0.1) is 12.3 Å². The molecule has 1 amide bonds. The maximum absolute atomic E-state index is 12.5. The van der Waals surface area contributed by atoms with Crippen LogP contribution < -0.4 is 10.1 Å². The Labute approximate surface area is 286 Å². The third-order valence-electron chi connectivity index (χ3n) is 10.7. The molecule has 1 saturated heterocycles. The lowest BCUT2D eigenvalue weighted by Crippen LogP contribution is -2.52. The molecule has 11 heteroatoms. The smallest absolute Gasteiger partial charge is 0.269 e. The lowest BCUT2D eigenvalue weighted by Gasteiger charge is -2.53. The van der Waals surface area contributed by atoms with Gasteiger partial charge in [-0.25, -0.2) is 0 Å². The maximum Gasteiger partial charge on any atom is 0.269 e. The number of aliphatic imine (C=N–C) groups is 1. The number of likely N-dealkylation sites (tertiary alicyclic amines) is 1. The van der Waals surface area contributed by atoms with Crippen LogP contribution >= 0.6 is 11.3 Å². The van der Waals surface area contributed by atoms with Gasteiger partial charge in [0.2, 0.25) is 0 Å². The number of carbonyl (C=O) groups excluding carboxylic acids is 1. The van der Waals surface area contributed by atoms with Crippen LogP contribution in [0.25, 0.3) is 5.00 Å². The van der Waals surface area contributed by atoms with Crippen molar-refractivity contribution in [3.63, 3.8) is 0 Å². The molecule has 1 aromatic carbocycles. The fourth-order valence-electron chi connectivity index (χ4n) is 8.09. The second kappa shape index (κ2) is 13.4. The minimum Gasteiger partial charge on any atom is -0.493 e. The summed E-state index contributed by atoms with van der Waals surface area (Å²) >= 11 is 1.77. The Hall–Kier alpha value is -4.12. The zero-order valence-corrected chi connectivity index (χ0v) is 29.1. The van der Waals surface area contributed by atoms with E-state index in [9.17, 15) is 4.79 Å². The highest BCUT2D eigenvalue weighted by Crippen LogP contribution is 2.51. The van der Waals surface area contributed by atoms with Crippen LogP contribution in [0, 0.1) is 42.9 Å². The topological polar surface area (TPSA) is 132 Å². The lowest BCUT2D eigenvalue weighted by molar-refractivity contribution is -0.115. The van der Waals surface area contributed by atoms with Crippen molar-refractivity contribution in [1.82, 2.24) is 25.0 Å². The van der Waals surface area contributed by atoms with Gasteiger partial charge in [0.25, 0.3) is 5.91 Å². The fourth-order valence-corrected chi connectivity index (χ4v) is 9.31. The molecule has 252 valence electrons. The molecule has 2 saturated carbocycles. The van der Waals surface area contributed by atoms with E-state index in [2.05, 4.69) is 63.1 Å². The molecule has 1 spiro atoms. The number of thiophene rings is 1. The number of aromatic nitrogens is 3. The minimum atomic E-state index is -0.335. The number of ether oxygens (including phenoxy) is 1. The second-order valence-electron chi connectivity index (χ2n) is 14.2. The summed E-state index contributed by atoms with van der Waals surface area (Å²) < 4.78 is 8.44. The van der Waals surface area contributed by atoms with Gasteiger partial charge in [0, 0.05) is 35.1 Å². The van der Waals surface area contributed by atoms with Crippen LogP contribution in [-0.2, 0) is 11.3 Å². The number of nitrogens with one attached hydrogen (secondary N) is 3. The molecule has 0 bridgehead atoms. The van der Waals surface area contributed by atoms with Crippen molar-refractivity contribution in [1.29, 1.82) is 10.8 Å². The van der Waals surface area contributed by atoms with Crippen molar-refractivity contribution in [2.45, 2.75) is 91.1 Å². The van der Waals surface area contributed by atoms with E-state index in [4.69, 9.17) is 20.5 Å². The lowest BCUT2D eigenvalue weighted by atomic mass is 9.58. The van der Waals surface area contributed by atoms with Crippen molar-refractivity contribution >= 4 is 34.5 Å². The molecule has 10 nitrogen and oxygen atoms in total. The zero-order valence-electron chi connectivity index (χ0n) is 28.3. The maximum atomic E-state index is 12.5. The monoisotopic (exact) mass is 666 g/mol. The van der Waals surface area contributed by atoms with Gasteiger partial charge in [0.15, 0.2) is 5.82 Å². The standard InChI is InChI=1S/C37H46N8O2S/c1-23-24(2)48-36-33(23)34(40-20-32-43-42-25(3)45(32)36)27-10-12-29(13-11-27)47-21-26-18-37(19-26)16-7-17-44(22-37)31(39)15-14-30(38)35(46)41-28-8-5-4-6-9-28/h10-15,26,28,38-39H,4-9,16-22H2,1-3H3,(H,41,46)/b15-14-,38-30?,39-31?. The Morgan fingerprint density at radius 3 is 2.60 bits per heavy atom. The SMILES string of the molecule is Cc1sc2c(c1C)C(c1ccc(OCC3CC4(CCCN(C(=N)/C=C\C(=N)C(=O)NC5CCCCC5)C4)C3)cc1)=NCc1nnc(C)n1-2. The molecule has 2 aliphatic heterocycles. The molecule has 3 aromatic rings. The average Bonchev–Trinajstić information content (AvgIpc) is 3.53. The molecule has 0 radical (unpaired) electrons. The number of carbonyl (C=O) groups is 1. The van der Waals surface area contributed by atoms with Gasteiger partial charge in [-0.3, -0.25) is 25.2 Å². The minimum absolute atomic E-state index is 0.0742. The molecule has 2 aromatic heterocycles. The normalized spacial score (nSPS) is 22.4. The number of hydrogen-bond acceptors (Lipinski definition) is 8. The first kappa shape index (κ1) is 32.4. The molecule has 3 fully saturated rings. The van der Waals surface area contributed by atoms with E-state index in [0.29, 0.717) is 24.9 Å². The summed E-state index contributed by atoms with van der Waals surface area (Å²) in [5.41, 5.74) is 4.62. The van der Waals surface area contributed by atoms with E-state index >= 15 is 0 Å². The number of rotatable bonds is 8. The Kier molecular flexibility index (Phi) is 9.06. The van der Waals surface area contributed by atoms with Crippen molar-refractivity contribution in [3.05, 3.63) is 69.6 Å². The highest BCUT2D eigenvalue weighted by molar-refractivity contribution is 7.15. The quantitative estimate of drug-likeness (QED) is 0.187. The first-order valence-electron chi connectivity index (χ1n) is 17.4. The highest BCUT2D eigenvalue weighted by atomic mass is 32.1. The van der Waals surface area contributed by atoms with Crippen LogP contribution in [0.1, 0.15) is 91.0 Å². The fraction of sp³-hybridized carbons (Fsp3) is 0.514. The summed E-state index contributed by atoms with van der Waals surface area (Å²) in [7, 11) is 0. The molecule has 7 rings (SSSR count). The van der Waals surface area contributed by atoms with E-state index in [1.807, 2.05) is 6.92 Å². The van der Waals surface area contributed by atoms with E-state index in [1.54, 1.807) is 17.4 Å².